The highest BCUT2D eigenvalue weighted by atomic mass is 16.5. The van der Waals surface area contributed by atoms with Crippen molar-refractivity contribution in [1.29, 1.82) is 5.26 Å². The van der Waals surface area contributed by atoms with Crippen LogP contribution in [0.5, 0.6) is 5.75 Å². The molecule has 0 fully saturated rings. The van der Waals surface area contributed by atoms with Crippen molar-refractivity contribution in [2.24, 2.45) is 0 Å². The first-order valence-corrected chi connectivity index (χ1v) is 8.28. The van der Waals surface area contributed by atoms with Crippen molar-refractivity contribution < 1.29 is 9.53 Å². The van der Waals surface area contributed by atoms with Crippen LogP contribution in [0.3, 0.4) is 0 Å². The van der Waals surface area contributed by atoms with Crippen LogP contribution in [-0.4, -0.2) is 18.0 Å². The van der Waals surface area contributed by atoms with Gasteiger partial charge in [0.1, 0.15) is 5.75 Å². The zero-order valence-electron chi connectivity index (χ0n) is 14.9. The number of nitrogens with zero attached hydrogens (tertiary/aromatic N) is 2. The van der Waals surface area contributed by atoms with E-state index in [4.69, 9.17) is 10.00 Å². The van der Waals surface area contributed by atoms with Crippen molar-refractivity contribution in [3.8, 4) is 11.8 Å². The lowest BCUT2D eigenvalue weighted by Gasteiger charge is -2.16. The van der Waals surface area contributed by atoms with Gasteiger partial charge in [-0.2, -0.15) is 5.26 Å². The molecule has 1 aromatic heterocycles. The van der Waals surface area contributed by atoms with E-state index in [1.165, 1.54) is 0 Å². The van der Waals surface area contributed by atoms with Crippen LogP contribution in [0.15, 0.2) is 48.5 Å². The summed E-state index contributed by atoms with van der Waals surface area (Å²) in [5.74, 6) is 0.556. The third-order valence-electron chi connectivity index (χ3n) is 4.35. The second-order valence-corrected chi connectivity index (χ2v) is 6.11. The SMILES string of the molecule is COc1ccc2cc(C(=O)NC(C)c3ccc(C#N)cc3)c(C)nc2c1. The number of ether oxygens (including phenoxy) is 1. The number of pyridine rings is 1. The molecule has 1 N–H and O–H groups in total. The molecule has 0 aliphatic rings. The van der Waals surface area contributed by atoms with Crippen molar-refractivity contribution in [2.75, 3.05) is 7.11 Å². The fraction of sp³-hybridized carbons (Fsp3) is 0.190. The van der Waals surface area contributed by atoms with E-state index in [9.17, 15) is 4.79 Å². The van der Waals surface area contributed by atoms with Gasteiger partial charge in [-0.3, -0.25) is 9.78 Å². The van der Waals surface area contributed by atoms with Gasteiger partial charge in [0.05, 0.1) is 41.6 Å². The predicted octanol–water partition coefficient (Wildman–Crippen LogP) is 3.91. The Bertz CT molecular complexity index is 1000. The monoisotopic (exact) mass is 345 g/mol. The summed E-state index contributed by atoms with van der Waals surface area (Å²) >= 11 is 0. The quantitative estimate of drug-likeness (QED) is 0.778. The highest BCUT2D eigenvalue weighted by Crippen LogP contribution is 2.22. The first-order valence-electron chi connectivity index (χ1n) is 8.28. The summed E-state index contributed by atoms with van der Waals surface area (Å²) in [7, 11) is 1.61. The number of nitrogens with one attached hydrogen (secondary N) is 1. The summed E-state index contributed by atoms with van der Waals surface area (Å²) < 4.78 is 5.22. The number of aryl methyl sites for hydroxylation is 1. The van der Waals surface area contributed by atoms with Crippen molar-refractivity contribution in [2.45, 2.75) is 19.9 Å². The Morgan fingerprint density at radius 1 is 1.19 bits per heavy atom. The Labute approximate surface area is 152 Å². The number of aromatic nitrogens is 1. The number of fused-ring (bicyclic) bond motifs is 1. The molecule has 1 atom stereocenters. The fourth-order valence-electron chi connectivity index (χ4n) is 2.80. The number of hydrogen-bond donors (Lipinski definition) is 1. The van der Waals surface area contributed by atoms with Crippen LogP contribution in [0.4, 0.5) is 0 Å². The lowest BCUT2D eigenvalue weighted by atomic mass is 10.0. The molecule has 1 amide bonds. The molecule has 1 heterocycles. The van der Waals surface area contributed by atoms with Crippen molar-refractivity contribution in [3.05, 3.63) is 70.9 Å². The first kappa shape index (κ1) is 17.4. The molecule has 0 bridgehead atoms. The molecular weight excluding hydrogens is 326 g/mol. The zero-order valence-corrected chi connectivity index (χ0v) is 14.9. The van der Waals surface area contributed by atoms with E-state index in [1.807, 2.05) is 50.2 Å². The van der Waals surface area contributed by atoms with Gasteiger partial charge >= 0.3 is 0 Å². The molecule has 3 rings (SSSR count). The van der Waals surface area contributed by atoms with E-state index in [0.29, 0.717) is 16.8 Å². The molecule has 1 unspecified atom stereocenters. The smallest absolute Gasteiger partial charge is 0.253 e. The van der Waals surface area contributed by atoms with Gasteiger partial charge < -0.3 is 10.1 Å². The number of amides is 1. The van der Waals surface area contributed by atoms with E-state index in [0.717, 1.165) is 22.2 Å². The molecular formula is C21H19N3O2. The van der Waals surface area contributed by atoms with Crippen molar-refractivity contribution in [3.63, 3.8) is 0 Å². The Hall–Kier alpha value is -3.39. The average molecular weight is 345 g/mol. The number of benzene rings is 2. The van der Waals surface area contributed by atoms with E-state index < -0.39 is 0 Å². The summed E-state index contributed by atoms with van der Waals surface area (Å²) in [6.07, 6.45) is 0. The highest BCUT2D eigenvalue weighted by Gasteiger charge is 2.15. The largest absolute Gasteiger partial charge is 0.497 e. The predicted molar refractivity (Wildman–Crippen MR) is 100 cm³/mol. The zero-order chi connectivity index (χ0) is 18.7. The van der Waals surface area contributed by atoms with Gasteiger partial charge in [-0.05, 0) is 49.7 Å². The Balaban J connectivity index is 1.84. The van der Waals surface area contributed by atoms with Gasteiger partial charge in [-0.1, -0.05) is 12.1 Å². The van der Waals surface area contributed by atoms with Gasteiger partial charge in [-0.15, -0.1) is 0 Å². The molecule has 0 aliphatic heterocycles. The summed E-state index contributed by atoms with van der Waals surface area (Å²) in [4.78, 5) is 17.2. The molecule has 130 valence electrons. The number of carbonyl (C=O) groups excluding carboxylic acids is 1. The molecule has 0 spiro atoms. The van der Waals surface area contributed by atoms with Crippen LogP contribution in [0.2, 0.25) is 0 Å². The lowest BCUT2D eigenvalue weighted by Crippen LogP contribution is -2.27. The molecule has 5 heteroatoms. The average Bonchev–Trinajstić information content (AvgIpc) is 2.66. The maximum atomic E-state index is 12.7. The number of rotatable bonds is 4. The van der Waals surface area contributed by atoms with Gasteiger partial charge in [0.15, 0.2) is 0 Å². The summed E-state index contributed by atoms with van der Waals surface area (Å²) in [5.41, 5.74) is 3.53. The van der Waals surface area contributed by atoms with Crippen LogP contribution in [0.25, 0.3) is 10.9 Å². The third kappa shape index (κ3) is 3.50. The Kier molecular flexibility index (Phi) is 4.85. The molecule has 0 saturated carbocycles. The highest BCUT2D eigenvalue weighted by molar-refractivity contribution is 5.99. The van der Waals surface area contributed by atoms with Crippen LogP contribution >= 0.6 is 0 Å². The standard InChI is InChI=1S/C21H19N3O2/c1-13(16-6-4-15(12-22)5-7-16)24-21(25)19-10-17-8-9-18(26-3)11-20(17)23-14(19)2/h4-11,13H,1-3H3,(H,24,25). The number of methoxy groups -OCH3 is 1. The minimum absolute atomic E-state index is 0.176. The minimum Gasteiger partial charge on any atom is -0.497 e. The van der Waals surface area contributed by atoms with E-state index in [1.54, 1.807) is 19.2 Å². The summed E-state index contributed by atoms with van der Waals surface area (Å²) in [5, 5.41) is 12.8. The van der Waals surface area contributed by atoms with Gasteiger partial charge in [0.2, 0.25) is 0 Å². The van der Waals surface area contributed by atoms with Crippen LogP contribution in [0.1, 0.15) is 40.1 Å². The maximum absolute atomic E-state index is 12.7. The van der Waals surface area contributed by atoms with Gasteiger partial charge in [0, 0.05) is 11.5 Å². The van der Waals surface area contributed by atoms with Crippen molar-refractivity contribution >= 4 is 16.8 Å². The summed E-state index contributed by atoms with van der Waals surface area (Å²) in [6, 6.07) is 16.5. The Morgan fingerprint density at radius 2 is 1.92 bits per heavy atom. The summed E-state index contributed by atoms with van der Waals surface area (Å²) in [6.45, 7) is 3.73. The number of nitriles is 1. The van der Waals surface area contributed by atoms with Crippen molar-refractivity contribution in [1.82, 2.24) is 10.3 Å². The molecule has 3 aromatic rings. The van der Waals surface area contributed by atoms with Crippen LogP contribution in [-0.2, 0) is 0 Å². The third-order valence-corrected chi connectivity index (χ3v) is 4.35. The van der Waals surface area contributed by atoms with Gasteiger partial charge in [-0.25, -0.2) is 0 Å². The molecule has 0 saturated heterocycles. The normalized spacial score (nSPS) is 11.6. The van der Waals surface area contributed by atoms with E-state index >= 15 is 0 Å². The van der Waals surface area contributed by atoms with Crippen LogP contribution < -0.4 is 10.1 Å². The van der Waals surface area contributed by atoms with E-state index in [-0.39, 0.29) is 11.9 Å². The number of carbonyl (C=O) groups is 1. The van der Waals surface area contributed by atoms with Crippen LogP contribution in [0, 0.1) is 18.3 Å². The second-order valence-electron chi connectivity index (χ2n) is 6.11. The molecule has 2 aromatic carbocycles. The fourth-order valence-corrected chi connectivity index (χ4v) is 2.80. The molecule has 5 nitrogen and oxygen atoms in total. The molecule has 26 heavy (non-hydrogen) atoms. The first-order chi connectivity index (χ1) is 12.5. The molecule has 0 aliphatic carbocycles. The topological polar surface area (TPSA) is 75.0 Å². The number of hydrogen-bond acceptors (Lipinski definition) is 4. The van der Waals surface area contributed by atoms with E-state index in [2.05, 4.69) is 16.4 Å². The Morgan fingerprint density at radius 3 is 2.58 bits per heavy atom. The maximum Gasteiger partial charge on any atom is 0.253 e. The second kappa shape index (κ2) is 7.24. The van der Waals surface area contributed by atoms with Gasteiger partial charge in [0.25, 0.3) is 5.91 Å². The molecule has 0 radical (unpaired) electrons. The lowest BCUT2D eigenvalue weighted by molar-refractivity contribution is 0.0939. The minimum atomic E-state index is -0.179.